The first kappa shape index (κ1) is 18.4. The Labute approximate surface area is 163 Å². The van der Waals surface area contributed by atoms with Crippen molar-refractivity contribution in [2.45, 2.75) is 25.3 Å². The van der Waals surface area contributed by atoms with E-state index < -0.39 is 11.8 Å². The molecule has 11 heteroatoms. The van der Waals surface area contributed by atoms with Gasteiger partial charge in [0.2, 0.25) is 0 Å². The van der Waals surface area contributed by atoms with E-state index in [1.165, 1.54) is 23.7 Å². The SMILES string of the molecule is O=C(NCc1nc(-c2cccs2)n[nH]1)c1nccnc1N1CCC(F)(F)CC1. The van der Waals surface area contributed by atoms with E-state index in [-0.39, 0.29) is 38.2 Å². The number of H-pyrrole nitrogens is 1. The number of piperidine rings is 1. The Morgan fingerprint density at radius 3 is 2.82 bits per heavy atom. The Morgan fingerprint density at radius 1 is 1.29 bits per heavy atom. The van der Waals surface area contributed by atoms with Crippen molar-refractivity contribution in [1.29, 1.82) is 0 Å². The van der Waals surface area contributed by atoms with E-state index in [0.29, 0.717) is 17.5 Å². The smallest absolute Gasteiger partial charge is 0.274 e. The van der Waals surface area contributed by atoms with E-state index in [0.717, 1.165) is 4.88 Å². The molecular weight excluding hydrogens is 388 g/mol. The molecule has 0 saturated carbocycles. The summed E-state index contributed by atoms with van der Waals surface area (Å²) in [5, 5.41) is 11.6. The van der Waals surface area contributed by atoms with E-state index in [2.05, 4.69) is 30.5 Å². The lowest BCUT2D eigenvalue weighted by atomic mass is 10.1. The van der Waals surface area contributed by atoms with Gasteiger partial charge in [0.25, 0.3) is 11.8 Å². The molecule has 3 aromatic rings. The molecule has 0 unspecified atom stereocenters. The first-order chi connectivity index (χ1) is 13.5. The third-order valence-corrected chi connectivity index (χ3v) is 5.24. The zero-order valence-corrected chi connectivity index (χ0v) is 15.5. The molecule has 1 fully saturated rings. The van der Waals surface area contributed by atoms with Crippen LogP contribution in [-0.4, -0.2) is 50.1 Å². The largest absolute Gasteiger partial charge is 0.354 e. The number of anilines is 1. The molecule has 0 spiro atoms. The van der Waals surface area contributed by atoms with Gasteiger partial charge in [-0.2, -0.15) is 5.10 Å². The summed E-state index contributed by atoms with van der Waals surface area (Å²) in [6.45, 7) is 0.377. The Balaban J connectivity index is 1.43. The summed E-state index contributed by atoms with van der Waals surface area (Å²) in [5.74, 6) is -1.75. The lowest BCUT2D eigenvalue weighted by Gasteiger charge is -2.32. The van der Waals surface area contributed by atoms with E-state index in [9.17, 15) is 13.6 Å². The molecule has 1 aliphatic rings. The fourth-order valence-corrected chi connectivity index (χ4v) is 3.56. The number of carbonyl (C=O) groups excluding carboxylic acids is 1. The maximum absolute atomic E-state index is 13.4. The summed E-state index contributed by atoms with van der Waals surface area (Å²) in [6.07, 6.45) is 2.31. The fraction of sp³-hybridized carbons (Fsp3) is 0.353. The third-order valence-electron chi connectivity index (χ3n) is 4.38. The number of halogens is 2. The second-order valence-corrected chi connectivity index (χ2v) is 7.28. The molecule has 146 valence electrons. The predicted octanol–water partition coefficient (Wildman–Crippen LogP) is 2.49. The summed E-state index contributed by atoms with van der Waals surface area (Å²) in [6, 6.07) is 3.81. The van der Waals surface area contributed by atoms with Gasteiger partial charge in [-0.15, -0.1) is 11.3 Å². The van der Waals surface area contributed by atoms with Crippen LogP contribution in [0.4, 0.5) is 14.6 Å². The van der Waals surface area contributed by atoms with Gasteiger partial charge >= 0.3 is 0 Å². The molecule has 4 heterocycles. The summed E-state index contributed by atoms with van der Waals surface area (Å²) in [5.41, 5.74) is 0.103. The summed E-state index contributed by atoms with van der Waals surface area (Å²) < 4.78 is 26.8. The van der Waals surface area contributed by atoms with Gasteiger partial charge in [0.05, 0.1) is 11.4 Å². The normalized spacial score (nSPS) is 16.1. The first-order valence-electron chi connectivity index (χ1n) is 8.69. The predicted molar refractivity (Wildman–Crippen MR) is 99.3 cm³/mol. The van der Waals surface area contributed by atoms with Crippen LogP contribution in [-0.2, 0) is 6.54 Å². The van der Waals surface area contributed by atoms with Crippen LogP contribution >= 0.6 is 11.3 Å². The monoisotopic (exact) mass is 405 g/mol. The minimum atomic E-state index is -2.67. The Kier molecular flexibility index (Phi) is 4.99. The Bertz CT molecular complexity index is 950. The number of hydrogen-bond acceptors (Lipinski definition) is 7. The highest BCUT2D eigenvalue weighted by Gasteiger charge is 2.35. The van der Waals surface area contributed by atoms with Gasteiger partial charge < -0.3 is 10.2 Å². The molecule has 0 radical (unpaired) electrons. The molecule has 0 aromatic carbocycles. The maximum atomic E-state index is 13.4. The van der Waals surface area contributed by atoms with E-state index in [1.807, 2.05) is 17.5 Å². The van der Waals surface area contributed by atoms with E-state index in [4.69, 9.17) is 0 Å². The lowest BCUT2D eigenvalue weighted by molar-refractivity contribution is -0.0221. The zero-order chi connectivity index (χ0) is 19.6. The number of aromatic amines is 1. The average Bonchev–Trinajstić information content (AvgIpc) is 3.38. The molecule has 0 atom stereocenters. The number of aromatic nitrogens is 5. The van der Waals surface area contributed by atoms with E-state index in [1.54, 1.807) is 4.90 Å². The third kappa shape index (κ3) is 3.98. The molecule has 1 saturated heterocycles. The molecule has 0 aliphatic carbocycles. The van der Waals surface area contributed by atoms with Crippen molar-refractivity contribution in [3.05, 3.63) is 41.4 Å². The van der Waals surface area contributed by atoms with Crippen LogP contribution in [0.25, 0.3) is 10.7 Å². The van der Waals surface area contributed by atoms with Crippen molar-refractivity contribution >= 4 is 23.1 Å². The van der Waals surface area contributed by atoms with Gasteiger partial charge in [0.15, 0.2) is 17.3 Å². The highest BCUT2D eigenvalue weighted by Crippen LogP contribution is 2.30. The number of nitrogens with one attached hydrogen (secondary N) is 2. The number of nitrogens with zero attached hydrogens (tertiary/aromatic N) is 5. The van der Waals surface area contributed by atoms with Gasteiger partial charge in [0, 0.05) is 38.3 Å². The second kappa shape index (κ2) is 7.58. The first-order valence-corrected chi connectivity index (χ1v) is 9.57. The zero-order valence-electron chi connectivity index (χ0n) is 14.7. The highest BCUT2D eigenvalue weighted by molar-refractivity contribution is 7.13. The molecule has 2 N–H and O–H groups in total. The molecule has 4 rings (SSSR count). The minimum Gasteiger partial charge on any atom is -0.354 e. The maximum Gasteiger partial charge on any atom is 0.274 e. The molecule has 3 aromatic heterocycles. The quantitative estimate of drug-likeness (QED) is 0.677. The second-order valence-electron chi connectivity index (χ2n) is 6.34. The van der Waals surface area contributed by atoms with Gasteiger partial charge in [-0.25, -0.2) is 23.7 Å². The number of thiophene rings is 1. The molecule has 1 amide bonds. The van der Waals surface area contributed by atoms with Crippen LogP contribution in [0.15, 0.2) is 29.9 Å². The average molecular weight is 405 g/mol. The molecule has 8 nitrogen and oxygen atoms in total. The van der Waals surface area contributed by atoms with Crippen molar-refractivity contribution in [2.75, 3.05) is 18.0 Å². The van der Waals surface area contributed by atoms with Crippen LogP contribution in [0.1, 0.15) is 29.2 Å². The van der Waals surface area contributed by atoms with Gasteiger partial charge in [0.1, 0.15) is 5.82 Å². The minimum absolute atomic E-state index is 0.103. The van der Waals surface area contributed by atoms with Crippen molar-refractivity contribution in [2.24, 2.45) is 0 Å². The number of amides is 1. The van der Waals surface area contributed by atoms with Crippen LogP contribution in [0.5, 0.6) is 0 Å². The van der Waals surface area contributed by atoms with Crippen LogP contribution in [0.3, 0.4) is 0 Å². The standard InChI is InChI=1S/C17H17F2N7OS/c18-17(19)3-7-26(8-4-17)15-13(20-5-6-21-15)16(27)22-10-12-23-14(25-24-12)11-2-1-9-28-11/h1-2,5-6,9H,3-4,7-8,10H2,(H,22,27)(H,23,24,25). The number of alkyl halides is 2. The fourth-order valence-electron chi connectivity index (χ4n) is 2.91. The van der Waals surface area contributed by atoms with Crippen molar-refractivity contribution in [3.8, 4) is 10.7 Å². The molecular formula is C17H17F2N7OS. The van der Waals surface area contributed by atoms with Gasteiger partial charge in [-0.3, -0.25) is 9.89 Å². The topological polar surface area (TPSA) is 99.7 Å². The van der Waals surface area contributed by atoms with Crippen LogP contribution in [0, 0.1) is 0 Å². The number of carbonyl (C=O) groups is 1. The summed E-state index contributed by atoms with van der Waals surface area (Å²) in [4.78, 5) is 27.8. The van der Waals surface area contributed by atoms with Crippen molar-refractivity contribution in [3.63, 3.8) is 0 Å². The summed E-state index contributed by atoms with van der Waals surface area (Å²) >= 11 is 1.52. The highest BCUT2D eigenvalue weighted by atomic mass is 32.1. The Hall–Kier alpha value is -2.95. The number of hydrogen-bond donors (Lipinski definition) is 2. The van der Waals surface area contributed by atoms with Crippen LogP contribution in [0.2, 0.25) is 0 Å². The number of rotatable bonds is 5. The van der Waals surface area contributed by atoms with Crippen LogP contribution < -0.4 is 10.2 Å². The molecule has 0 bridgehead atoms. The molecule has 28 heavy (non-hydrogen) atoms. The lowest BCUT2D eigenvalue weighted by Crippen LogP contribution is -2.41. The van der Waals surface area contributed by atoms with Gasteiger partial charge in [-0.05, 0) is 11.4 Å². The molecule has 1 aliphatic heterocycles. The van der Waals surface area contributed by atoms with E-state index >= 15 is 0 Å². The van der Waals surface area contributed by atoms with Gasteiger partial charge in [-0.1, -0.05) is 6.07 Å². The Morgan fingerprint density at radius 2 is 2.07 bits per heavy atom. The van der Waals surface area contributed by atoms with Crippen molar-refractivity contribution in [1.82, 2.24) is 30.5 Å². The van der Waals surface area contributed by atoms with Crippen molar-refractivity contribution < 1.29 is 13.6 Å². The summed E-state index contributed by atoms with van der Waals surface area (Å²) in [7, 11) is 0.